The zero-order valence-corrected chi connectivity index (χ0v) is 15.5. The van der Waals surface area contributed by atoms with Gasteiger partial charge in [-0.3, -0.25) is 5.41 Å². The average molecular weight is 382 g/mol. The Balaban J connectivity index is 1.82. The van der Waals surface area contributed by atoms with Gasteiger partial charge in [0.05, 0.1) is 24.1 Å². The Morgan fingerprint density at radius 3 is 1.54 bits per heavy atom. The molecule has 1 N–H and O–H groups in total. The Morgan fingerprint density at radius 2 is 1.12 bits per heavy atom. The molecule has 3 nitrogen and oxygen atoms in total. The van der Waals surface area contributed by atoms with E-state index in [4.69, 9.17) is 28.6 Å². The number of imidazole rings is 1. The van der Waals surface area contributed by atoms with E-state index >= 15 is 0 Å². The summed E-state index contributed by atoms with van der Waals surface area (Å²) in [5.41, 5.74) is 4.65. The molecule has 0 fully saturated rings. The standard InChI is InChI=1S/C21H17Cl2N3/c22-17-7-3-5-15(11-17)13-25-19-9-1-2-10-20(19)26(21(25)24)14-16-6-4-8-18(23)12-16/h1-12,24H,13-14H2. The first-order chi connectivity index (χ1) is 12.6. The summed E-state index contributed by atoms with van der Waals surface area (Å²) >= 11 is 12.2. The van der Waals surface area contributed by atoms with Crippen LogP contribution in [0.1, 0.15) is 11.1 Å². The maximum absolute atomic E-state index is 8.74. The van der Waals surface area contributed by atoms with Gasteiger partial charge in [-0.05, 0) is 47.5 Å². The lowest BCUT2D eigenvalue weighted by atomic mass is 10.2. The fraction of sp³-hybridized carbons (Fsp3) is 0.0952. The maximum atomic E-state index is 8.74. The van der Waals surface area contributed by atoms with Gasteiger partial charge in [0.25, 0.3) is 0 Å². The minimum Gasteiger partial charge on any atom is -0.306 e. The van der Waals surface area contributed by atoms with Crippen LogP contribution in [0.4, 0.5) is 0 Å². The lowest BCUT2D eigenvalue weighted by Gasteiger charge is -2.06. The normalized spacial score (nSPS) is 11.2. The third kappa shape index (κ3) is 3.28. The van der Waals surface area contributed by atoms with E-state index in [1.165, 1.54) is 0 Å². The van der Waals surface area contributed by atoms with E-state index in [0.717, 1.165) is 22.2 Å². The summed E-state index contributed by atoms with van der Waals surface area (Å²) in [7, 11) is 0. The SMILES string of the molecule is N=c1n(Cc2cccc(Cl)c2)c2ccccc2n1Cc1cccc(Cl)c1. The molecule has 0 amide bonds. The van der Waals surface area contributed by atoms with Gasteiger partial charge in [-0.1, -0.05) is 59.6 Å². The van der Waals surface area contributed by atoms with Crippen LogP contribution in [0.25, 0.3) is 11.0 Å². The molecular weight excluding hydrogens is 365 g/mol. The Bertz CT molecular complexity index is 1050. The summed E-state index contributed by atoms with van der Waals surface area (Å²) in [4.78, 5) is 0. The van der Waals surface area contributed by atoms with E-state index in [1.54, 1.807) is 0 Å². The van der Waals surface area contributed by atoms with E-state index in [0.29, 0.717) is 28.8 Å². The molecule has 0 aliphatic rings. The van der Waals surface area contributed by atoms with Gasteiger partial charge in [-0.25, -0.2) is 0 Å². The van der Waals surface area contributed by atoms with Crippen molar-refractivity contribution in [1.82, 2.24) is 9.13 Å². The topological polar surface area (TPSA) is 33.7 Å². The predicted octanol–water partition coefficient (Wildman–Crippen LogP) is 5.33. The highest BCUT2D eigenvalue weighted by Crippen LogP contribution is 2.18. The monoisotopic (exact) mass is 381 g/mol. The Morgan fingerprint density at radius 1 is 0.654 bits per heavy atom. The fourth-order valence-electron chi connectivity index (χ4n) is 3.25. The van der Waals surface area contributed by atoms with Gasteiger partial charge in [0.15, 0.2) is 0 Å². The number of nitrogens with one attached hydrogen (secondary N) is 1. The lowest BCUT2D eigenvalue weighted by molar-refractivity contribution is 0.664. The number of rotatable bonds is 4. The van der Waals surface area contributed by atoms with E-state index in [9.17, 15) is 0 Å². The third-order valence-electron chi connectivity index (χ3n) is 4.43. The van der Waals surface area contributed by atoms with Gasteiger partial charge in [-0.15, -0.1) is 0 Å². The van der Waals surface area contributed by atoms with Crippen LogP contribution in [0.15, 0.2) is 72.8 Å². The number of hydrogen-bond acceptors (Lipinski definition) is 1. The van der Waals surface area contributed by atoms with Crippen LogP contribution < -0.4 is 5.62 Å². The second-order valence-corrected chi connectivity index (χ2v) is 7.12. The molecule has 1 heterocycles. The zero-order chi connectivity index (χ0) is 18.1. The molecular formula is C21H17Cl2N3. The molecule has 0 saturated carbocycles. The van der Waals surface area contributed by atoms with Crippen molar-refractivity contribution in [2.45, 2.75) is 13.1 Å². The van der Waals surface area contributed by atoms with Crippen LogP contribution in [0.2, 0.25) is 10.0 Å². The first-order valence-corrected chi connectivity index (χ1v) is 9.09. The summed E-state index contributed by atoms with van der Waals surface area (Å²) < 4.78 is 4.01. The van der Waals surface area contributed by atoms with Gasteiger partial charge in [0.1, 0.15) is 0 Å². The average Bonchev–Trinajstić information content (AvgIpc) is 2.88. The summed E-state index contributed by atoms with van der Waals surface area (Å²) in [6.07, 6.45) is 0. The van der Waals surface area contributed by atoms with Crippen LogP contribution in [-0.4, -0.2) is 9.13 Å². The molecule has 4 aromatic rings. The number of halogens is 2. The van der Waals surface area contributed by atoms with Crippen LogP contribution in [0, 0.1) is 5.41 Å². The number of fused-ring (bicyclic) bond motifs is 1. The van der Waals surface area contributed by atoms with Crippen molar-refractivity contribution in [3.63, 3.8) is 0 Å². The highest BCUT2D eigenvalue weighted by Gasteiger charge is 2.11. The predicted molar refractivity (Wildman–Crippen MR) is 107 cm³/mol. The van der Waals surface area contributed by atoms with Crippen molar-refractivity contribution in [3.8, 4) is 0 Å². The van der Waals surface area contributed by atoms with Crippen LogP contribution in [-0.2, 0) is 13.1 Å². The minimum atomic E-state index is 0.450. The van der Waals surface area contributed by atoms with Gasteiger partial charge in [0.2, 0.25) is 5.62 Å². The number of benzene rings is 3. The van der Waals surface area contributed by atoms with Crippen molar-refractivity contribution < 1.29 is 0 Å². The fourth-order valence-corrected chi connectivity index (χ4v) is 3.68. The van der Waals surface area contributed by atoms with Crippen LogP contribution in [0.3, 0.4) is 0 Å². The van der Waals surface area contributed by atoms with Gasteiger partial charge in [0, 0.05) is 10.0 Å². The summed E-state index contributed by atoms with van der Waals surface area (Å²) in [5.74, 6) is 0. The van der Waals surface area contributed by atoms with Crippen molar-refractivity contribution in [2.24, 2.45) is 0 Å². The van der Waals surface area contributed by atoms with Crippen LogP contribution >= 0.6 is 23.2 Å². The smallest absolute Gasteiger partial charge is 0.203 e. The van der Waals surface area contributed by atoms with Gasteiger partial charge in [-0.2, -0.15) is 0 Å². The molecule has 130 valence electrons. The first kappa shape index (κ1) is 17.0. The molecule has 0 aliphatic carbocycles. The number of hydrogen-bond donors (Lipinski definition) is 1. The van der Waals surface area contributed by atoms with Crippen molar-refractivity contribution in [1.29, 1.82) is 5.41 Å². The molecule has 0 aliphatic heterocycles. The molecule has 0 saturated heterocycles. The molecule has 0 radical (unpaired) electrons. The first-order valence-electron chi connectivity index (χ1n) is 8.33. The summed E-state index contributed by atoms with van der Waals surface area (Å²) in [5, 5.41) is 10.2. The Kier molecular flexibility index (Phi) is 4.58. The minimum absolute atomic E-state index is 0.450. The molecule has 4 rings (SSSR count). The maximum Gasteiger partial charge on any atom is 0.203 e. The van der Waals surface area contributed by atoms with E-state index in [1.807, 2.05) is 81.9 Å². The number of aromatic nitrogens is 2. The molecule has 0 spiro atoms. The molecule has 5 heteroatoms. The molecule has 26 heavy (non-hydrogen) atoms. The second-order valence-electron chi connectivity index (χ2n) is 6.24. The molecule has 0 atom stereocenters. The van der Waals surface area contributed by atoms with Crippen molar-refractivity contribution in [2.75, 3.05) is 0 Å². The molecule has 0 bridgehead atoms. The highest BCUT2D eigenvalue weighted by molar-refractivity contribution is 6.30. The highest BCUT2D eigenvalue weighted by atomic mass is 35.5. The van der Waals surface area contributed by atoms with Crippen LogP contribution in [0.5, 0.6) is 0 Å². The largest absolute Gasteiger partial charge is 0.306 e. The Hall–Kier alpha value is -2.49. The van der Waals surface area contributed by atoms with E-state index in [-0.39, 0.29) is 0 Å². The van der Waals surface area contributed by atoms with E-state index < -0.39 is 0 Å². The van der Waals surface area contributed by atoms with Crippen molar-refractivity contribution in [3.05, 3.63) is 99.6 Å². The molecule has 1 aromatic heterocycles. The number of nitrogens with zero attached hydrogens (tertiary/aromatic N) is 2. The second kappa shape index (κ2) is 7.02. The van der Waals surface area contributed by atoms with Gasteiger partial charge >= 0.3 is 0 Å². The molecule has 3 aromatic carbocycles. The molecule has 0 unspecified atom stereocenters. The van der Waals surface area contributed by atoms with Gasteiger partial charge < -0.3 is 9.13 Å². The summed E-state index contributed by atoms with van der Waals surface area (Å²) in [6.45, 7) is 1.20. The Labute approximate surface area is 161 Å². The quantitative estimate of drug-likeness (QED) is 0.495. The third-order valence-corrected chi connectivity index (χ3v) is 4.90. The number of para-hydroxylation sites is 2. The van der Waals surface area contributed by atoms with Crippen molar-refractivity contribution >= 4 is 34.2 Å². The lowest BCUT2D eigenvalue weighted by Crippen LogP contribution is -2.25. The van der Waals surface area contributed by atoms with E-state index in [2.05, 4.69) is 0 Å². The zero-order valence-electron chi connectivity index (χ0n) is 14.0. The summed E-state index contributed by atoms with van der Waals surface area (Å²) in [6, 6.07) is 23.6.